The van der Waals surface area contributed by atoms with E-state index in [9.17, 15) is 28.3 Å². The lowest BCUT2D eigenvalue weighted by Gasteiger charge is -2.38. The van der Waals surface area contributed by atoms with E-state index < -0.39 is 29.0 Å². The van der Waals surface area contributed by atoms with Crippen LogP contribution in [-0.4, -0.2) is 57.9 Å². The van der Waals surface area contributed by atoms with Crippen molar-refractivity contribution in [2.45, 2.75) is 37.7 Å². The topological polar surface area (TPSA) is 110 Å². The Morgan fingerprint density at radius 1 is 1.00 bits per heavy atom. The van der Waals surface area contributed by atoms with Gasteiger partial charge in [0, 0.05) is 42.9 Å². The van der Waals surface area contributed by atoms with Crippen LogP contribution in [0.25, 0.3) is 11.3 Å². The molecule has 0 bridgehead atoms. The minimum absolute atomic E-state index is 0.0270. The summed E-state index contributed by atoms with van der Waals surface area (Å²) in [5.41, 5.74) is -1.01. The van der Waals surface area contributed by atoms with Crippen LogP contribution in [0.5, 0.6) is 5.75 Å². The van der Waals surface area contributed by atoms with E-state index in [1.807, 2.05) is 0 Å². The SMILES string of the molecule is O=C(OC1(CCN2CCC(C(=O)c3ccc(F)cc3)CC2)CCc2onc(-c3ccccc3F)c2C1=O)c1ccccc1O. The van der Waals surface area contributed by atoms with E-state index in [-0.39, 0.29) is 59.1 Å². The Balaban J connectivity index is 1.23. The van der Waals surface area contributed by atoms with E-state index in [1.165, 1.54) is 54.6 Å². The predicted molar refractivity (Wildman–Crippen MR) is 155 cm³/mol. The van der Waals surface area contributed by atoms with Gasteiger partial charge in [0.2, 0.25) is 5.78 Å². The maximum atomic E-state index is 14.8. The highest BCUT2D eigenvalue weighted by Gasteiger charge is 2.49. The number of phenols is 1. The third kappa shape index (κ3) is 5.65. The summed E-state index contributed by atoms with van der Waals surface area (Å²) in [7, 11) is 0. The van der Waals surface area contributed by atoms with Gasteiger partial charge in [-0.1, -0.05) is 29.4 Å². The summed E-state index contributed by atoms with van der Waals surface area (Å²) in [5.74, 6) is -2.58. The highest BCUT2D eigenvalue weighted by Crippen LogP contribution is 2.40. The Bertz CT molecular complexity index is 1710. The van der Waals surface area contributed by atoms with Crippen LogP contribution in [-0.2, 0) is 11.2 Å². The van der Waals surface area contributed by atoms with Gasteiger partial charge in [-0.25, -0.2) is 13.6 Å². The van der Waals surface area contributed by atoms with Crippen molar-refractivity contribution in [3.05, 3.63) is 107 Å². The summed E-state index contributed by atoms with van der Waals surface area (Å²) in [6.07, 6.45) is 1.64. The van der Waals surface area contributed by atoms with Gasteiger partial charge in [-0.3, -0.25) is 9.59 Å². The van der Waals surface area contributed by atoms with Crippen LogP contribution in [0.3, 0.4) is 0 Å². The molecule has 44 heavy (non-hydrogen) atoms. The van der Waals surface area contributed by atoms with Gasteiger partial charge in [-0.15, -0.1) is 0 Å². The zero-order chi connectivity index (χ0) is 30.8. The number of hydrogen-bond acceptors (Lipinski definition) is 8. The second kappa shape index (κ2) is 12.1. The van der Waals surface area contributed by atoms with Crippen LogP contribution in [0.1, 0.15) is 62.5 Å². The summed E-state index contributed by atoms with van der Waals surface area (Å²) >= 11 is 0. The van der Waals surface area contributed by atoms with Crippen LogP contribution in [0.2, 0.25) is 0 Å². The van der Waals surface area contributed by atoms with Crippen molar-refractivity contribution >= 4 is 17.5 Å². The van der Waals surface area contributed by atoms with Crippen molar-refractivity contribution in [2.75, 3.05) is 19.6 Å². The number of piperidine rings is 1. The first-order chi connectivity index (χ1) is 21.3. The number of nitrogens with zero attached hydrogens (tertiary/aromatic N) is 2. The average Bonchev–Trinajstić information content (AvgIpc) is 3.47. The van der Waals surface area contributed by atoms with Crippen molar-refractivity contribution in [2.24, 2.45) is 5.92 Å². The van der Waals surface area contributed by atoms with E-state index >= 15 is 0 Å². The number of ether oxygens (including phenoxy) is 1. The summed E-state index contributed by atoms with van der Waals surface area (Å²) in [6, 6.07) is 17.4. The molecule has 0 spiro atoms. The number of likely N-dealkylation sites (tertiary alicyclic amines) is 1. The molecule has 1 aliphatic carbocycles. The molecule has 1 fully saturated rings. The van der Waals surface area contributed by atoms with Gasteiger partial charge in [-0.05, 0) is 74.5 Å². The monoisotopic (exact) mass is 600 g/mol. The standard InChI is InChI=1S/C34H30F2N2O6/c35-23-11-9-21(10-12-23)31(40)22-14-18-38(19-15-22)20-17-34(43-33(42)25-6-2-4-8-27(25)39)16-13-28-29(32(34)41)30(37-44-28)24-5-1-3-7-26(24)36/h1-12,22,39H,13-20H2. The number of ketones is 2. The molecule has 10 heteroatoms. The normalized spacial score (nSPS) is 19.0. The first-order valence-corrected chi connectivity index (χ1v) is 14.6. The van der Waals surface area contributed by atoms with Crippen LogP contribution < -0.4 is 0 Å². The van der Waals surface area contributed by atoms with Gasteiger partial charge in [-0.2, -0.15) is 0 Å². The second-order valence-electron chi connectivity index (χ2n) is 11.3. The molecule has 8 nitrogen and oxygen atoms in total. The number of esters is 1. The fraction of sp³-hybridized carbons (Fsp3) is 0.294. The van der Waals surface area contributed by atoms with Crippen molar-refractivity contribution in [3.63, 3.8) is 0 Å². The molecule has 1 N–H and O–H groups in total. The number of aromatic nitrogens is 1. The zero-order valence-corrected chi connectivity index (χ0v) is 23.8. The molecule has 2 aliphatic rings. The highest BCUT2D eigenvalue weighted by atomic mass is 19.1. The number of halogens is 2. The Morgan fingerprint density at radius 2 is 1.70 bits per heavy atom. The molecule has 0 radical (unpaired) electrons. The van der Waals surface area contributed by atoms with E-state index in [0.29, 0.717) is 43.8 Å². The molecular formula is C34H30F2N2O6. The van der Waals surface area contributed by atoms with Crippen LogP contribution in [0.4, 0.5) is 8.78 Å². The number of rotatable bonds is 8. The minimum Gasteiger partial charge on any atom is -0.507 e. The van der Waals surface area contributed by atoms with Gasteiger partial charge in [0.05, 0.1) is 5.56 Å². The molecule has 4 aromatic rings. The average molecular weight is 601 g/mol. The number of aryl methyl sites for hydroxylation is 1. The first-order valence-electron chi connectivity index (χ1n) is 14.6. The van der Waals surface area contributed by atoms with E-state index in [2.05, 4.69) is 10.1 Å². The third-order valence-corrected chi connectivity index (χ3v) is 8.62. The first kappa shape index (κ1) is 29.4. The molecule has 0 saturated carbocycles. The number of Topliss-reactive ketones (excluding diaryl/α,β-unsaturated/α-hetero) is 2. The lowest BCUT2D eigenvalue weighted by Crippen LogP contribution is -2.49. The van der Waals surface area contributed by atoms with Gasteiger partial charge in [0.15, 0.2) is 11.4 Å². The molecule has 226 valence electrons. The maximum absolute atomic E-state index is 14.8. The lowest BCUT2D eigenvalue weighted by molar-refractivity contribution is -0.0234. The van der Waals surface area contributed by atoms with E-state index in [1.54, 1.807) is 18.2 Å². The fourth-order valence-corrected chi connectivity index (χ4v) is 6.10. The number of aromatic hydroxyl groups is 1. The Hall–Kier alpha value is -4.70. The second-order valence-corrected chi connectivity index (χ2v) is 11.3. The summed E-state index contributed by atoms with van der Waals surface area (Å²) in [6.45, 7) is 1.54. The van der Waals surface area contributed by atoms with Crippen molar-refractivity contribution in [1.29, 1.82) is 0 Å². The number of carbonyl (C=O) groups is 3. The highest BCUT2D eigenvalue weighted by molar-refractivity contribution is 6.10. The quantitative estimate of drug-likeness (QED) is 0.193. The molecule has 6 rings (SSSR count). The summed E-state index contributed by atoms with van der Waals surface area (Å²) < 4.78 is 39.5. The van der Waals surface area contributed by atoms with Crippen molar-refractivity contribution < 1.29 is 37.5 Å². The molecule has 1 saturated heterocycles. The molecule has 1 aromatic heterocycles. The van der Waals surface area contributed by atoms with Crippen molar-refractivity contribution in [3.8, 4) is 17.0 Å². The molecule has 1 atom stereocenters. The Labute approximate surface area is 252 Å². The van der Waals surface area contributed by atoms with Gasteiger partial charge in [0.25, 0.3) is 0 Å². The maximum Gasteiger partial charge on any atom is 0.342 e. The molecule has 3 aromatic carbocycles. The summed E-state index contributed by atoms with van der Waals surface area (Å²) in [5, 5.41) is 14.3. The number of benzene rings is 3. The number of phenolic OH excluding ortho intramolecular Hbond substituents is 1. The largest absolute Gasteiger partial charge is 0.507 e. The molecule has 1 unspecified atom stereocenters. The van der Waals surface area contributed by atoms with E-state index in [0.717, 1.165) is 0 Å². The number of fused-ring (bicyclic) bond motifs is 1. The Kier molecular flexibility index (Phi) is 8.09. The molecular weight excluding hydrogens is 570 g/mol. The number of para-hydroxylation sites is 1. The Morgan fingerprint density at radius 3 is 2.43 bits per heavy atom. The van der Waals surface area contributed by atoms with Gasteiger partial charge >= 0.3 is 5.97 Å². The molecule has 0 amide bonds. The summed E-state index contributed by atoms with van der Waals surface area (Å²) in [4.78, 5) is 42.7. The number of carbonyl (C=O) groups excluding carboxylic acids is 3. The third-order valence-electron chi connectivity index (χ3n) is 8.62. The zero-order valence-electron chi connectivity index (χ0n) is 23.8. The van der Waals surface area contributed by atoms with Crippen LogP contribution >= 0.6 is 0 Å². The van der Waals surface area contributed by atoms with Crippen LogP contribution in [0, 0.1) is 17.6 Å². The smallest absolute Gasteiger partial charge is 0.342 e. The van der Waals surface area contributed by atoms with E-state index in [4.69, 9.17) is 9.26 Å². The van der Waals surface area contributed by atoms with Gasteiger partial charge in [0.1, 0.15) is 34.4 Å². The minimum atomic E-state index is -1.63. The van der Waals surface area contributed by atoms with Crippen LogP contribution in [0.15, 0.2) is 77.3 Å². The molecule has 1 aliphatic heterocycles. The number of hydrogen-bond donors (Lipinski definition) is 1. The van der Waals surface area contributed by atoms with Gasteiger partial charge < -0.3 is 19.3 Å². The predicted octanol–water partition coefficient (Wildman–Crippen LogP) is 6.04. The lowest BCUT2D eigenvalue weighted by atomic mass is 9.78. The molecule has 2 heterocycles. The fourth-order valence-electron chi connectivity index (χ4n) is 6.10. The van der Waals surface area contributed by atoms with Crippen molar-refractivity contribution in [1.82, 2.24) is 10.1 Å².